The van der Waals surface area contributed by atoms with E-state index in [0.717, 1.165) is 22.6 Å². The number of pyridine rings is 1. The quantitative estimate of drug-likeness (QED) is 0.946. The Morgan fingerprint density at radius 2 is 1.58 bits per heavy atom. The van der Waals surface area contributed by atoms with E-state index in [1.165, 1.54) is 0 Å². The van der Waals surface area contributed by atoms with E-state index < -0.39 is 0 Å². The van der Waals surface area contributed by atoms with Gasteiger partial charge in [-0.15, -0.1) is 24.8 Å². The van der Waals surface area contributed by atoms with E-state index in [0.29, 0.717) is 0 Å². The molecule has 3 nitrogen and oxygen atoms in total. The van der Waals surface area contributed by atoms with Gasteiger partial charge in [0.05, 0.1) is 13.2 Å². The van der Waals surface area contributed by atoms with E-state index in [2.05, 4.69) is 4.98 Å². The molecule has 0 radical (unpaired) electrons. The Morgan fingerprint density at radius 1 is 1.00 bits per heavy atom. The average molecular weight is 301 g/mol. The number of hydrogen-bond donors (Lipinski definition) is 1. The molecule has 0 bridgehead atoms. The highest BCUT2D eigenvalue weighted by Gasteiger charge is 2.08. The number of rotatable bonds is 3. The van der Waals surface area contributed by atoms with Crippen LogP contribution in [-0.4, -0.2) is 12.1 Å². The second-order valence-corrected chi connectivity index (χ2v) is 3.98. The van der Waals surface area contributed by atoms with E-state index in [1.54, 1.807) is 7.11 Å². The van der Waals surface area contributed by atoms with Crippen molar-refractivity contribution in [2.24, 2.45) is 5.73 Å². The predicted octanol–water partition coefficient (Wildman–Crippen LogP) is 3.29. The lowest BCUT2D eigenvalue weighted by atomic mass is 10.0. The Bertz CT molecular complexity index is 486. The summed E-state index contributed by atoms with van der Waals surface area (Å²) >= 11 is 0. The summed E-state index contributed by atoms with van der Waals surface area (Å²) in [6.45, 7) is 1.96. The summed E-state index contributed by atoms with van der Waals surface area (Å²) in [5.74, 6) is 0.836. The summed E-state index contributed by atoms with van der Waals surface area (Å²) in [4.78, 5) is 4.25. The standard InChI is InChI=1S/C14H16N2O.2ClH/c1-10-3-4-12(9-16-10)14(15)11-5-7-13(17-2)8-6-11;;/h3-9,14H,15H2,1-2H3;2*1H. The minimum Gasteiger partial charge on any atom is -0.497 e. The summed E-state index contributed by atoms with van der Waals surface area (Å²) < 4.78 is 5.12. The molecule has 2 aromatic rings. The lowest BCUT2D eigenvalue weighted by Gasteiger charge is -2.12. The molecule has 0 aliphatic carbocycles. The fraction of sp³-hybridized carbons (Fsp3) is 0.214. The van der Waals surface area contributed by atoms with Gasteiger partial charge in [0, 0.05) is 11.9 Å². The van der Waals surface area contributed by atoms with E-state index in [1.807, 2.05) is 49.5 Å². The van der Waals surface area contributed by atoms with Gasteiger partial charge in [-0.3, -0.25) is 4.98 Å². The summed E-state index contributed by atoms with van der Waals surface area (Å²) in [6, 6.07) is 11.6. The minimum atomic E-state index is -0.144. The van der Waals surface area contributed by atoms with Crippen LogP contribution in [-0.2, 0) is 0 Å². The normalized spacial score (nSPS) is 10.9. The number of benzene rings is 1. The van der Waals surface area contributed by atoms with Gasteiger partial charge in [0.2, 0.25) is 0 Å². The van der Waals surface area contributed by atoms with Crippen LogP contribution in [0.15, 0.2) is 42.6 Å². The first-order valence-corrected chi connectivity index (χ1v) is 5.53. The van der Waals surface area contributed by atoms with Gasteiger partial charge in [-0.2, -0.15) is 0 Å². The lowest BCUT2D eigenvalue weighted by molar-refractivity contribution is 0.414. The molecule has 0 aliphatic heterocycles. The van der Waals surface area contributed by atoms with Crippen molar-refractivity contribution in [1.82, 2.24) is 4.98 Å². The second-order valence-electron chi connectivity index (χ2n) is 3.98. The molecule has 0 saturated carbocycles. The van der Waals surface area contributed by atoms with Gasteiger partial charge >= 0.3 is 0 Å². The van der Waals surface area contributed by atoms with Crippen molar-refractivity contribution in [1.29, 1.82) is 0 Å². The van der Waals surface area contributed by atoms with E-state index in [4.69, 9.17) is 10.5 Å². The average Bonchev–Trinajstić information content (AvgIpc) is 2.39. The highest BCUT2D eigenvalue weighted by Crippen LogP contribution is 2.21. The van der Waals surface area contributed by atoms with Crippen molar-refractivity contribution in [3.8, 4) is 5.75 Å². The first kappa shape index (κ1) is 17.7. The van der Waals surface area contributed by atoms with Gasteiger partial charge in [-0.25, -0.2) is 0 Å². The maximum absolute atomic E-state index is 6.18. The third-order valence-corrected chi connectivity index (χ3v) is 2.77. The maximum atomic E-state index is 6.18. The lowest BCUT2D eigenvalue weighted by Crippen LogP contribution is -2.12. The van der Waals surface area contributed by atoms with Crippen molar-refractivity contribution in [2.45, 2.75) is 13.0 Å². The maximum Gasteiger partial charge on any atom is 0.118 e. The smallest absolute Gasteiger partial charge is 0.118 e. The van der Waals surface area contributed by atoms with Crippen LogP contribution >= 0.6 is 24.8 Å². The van der Waals surface area contributed by atoms with Crippen LogP contribution in [0.3, 0.4) is 0 Å². The summed E-state index contributed by atoms with van der Waals surface area (Å²) in [5, 5.41) is 0. The van der Waals surface area contributed by atoms with E-state index >= 15 is 0 Å². The largest absolute Gasteiger partial charge is 0.497 e. The van der Waals surface area contributed by atoms with Gasteiger partial charge in [-0.1, -0.05) is 18.2 Å². The Kier molecular flexibility index (Phi) is 7.45. The zero-order valence-corrected chi connectivity index (χ0v) is 12.5. The van der Waals surface area contributed by atoms with Gasteiger partial charge in [0.15, 0.2) is 0 Å². The Balaban J connectivity index is 0.00000162. The number of aromatic nitrogens is 1. The van der Waals surface area contributed by atoms with Gasteiger partial charge in [0.1, 0.15) is 5.75 Å². The summed E-state index contributed by atoms with van der Waals surface area (Å²) in [6.07, 6.45) is 1.82. The number of nitrogens with zero attached hydrogens (tertiary/aromatic N) is 1. The van der Waals surface area contributed by atoms with Gasteiger partial charge < -0.3 is 10.5 Å². The molecular formula is C14H18Cl2N2O. The SMILES string of the molecule is COc1ccc(C(N)c2ccc(C)nc2)cc1.Cl.Cl. The molecule has 0 saturated heterocycles. The number of ether oxygens (including phenoxy) is 1. The monoisotopic (exact) mass is 300 g/mol. The molecule has 5 heteroatoms. The Labute approximate surface area is 126 Å². The van der Waals surface area contributed by atoms with Crippen molar-refractivity contribution in [3.63, 3.8) is 0 Å². The van der Waals surface area contributed by atoms with Gasteiger partial charge in [-0.05, 0) is 36.2 Å². The predicted molar refractivity (Wildman–Crippen MR) is 82.5 cm³/mol. The molecule has 1 aromatic heterocycles. The first-order valence-electron chi connectivity index (χ1n) is 5.53. The molecule has 0 fully saturated rings. The fourth-order valence-corrected chi connectivity index (χ4v) is 1.67. The van der Waals surface area contributed by atoms with Crippen LogP contribution < -0.4 is 10.5 Å². The van der Waals surface area contributed by atoms with Crippen molar-refractivity contribution in [3.05, 3.63) is 59.4 Å². The third-order valence-electron chi connectivity index (χ3n) is 2.77. The fourth-order valence-electron chi connectivity index (χ4n) is 1.67. The zero-order valence-electron chi connectivity index (χ0n) is 10.9. The van der Waals surface area contributed by atoms with Crippen molar-refractivity contribution >= 4 is 24.8 Å². The molecule has 1 heterocycles. The number of nitrogens with two attached hydrogens (primary N) is 1. The molecule has 104 valence electrons. The summed E-state index contributed by atoms with van der Waals surface area (Å²) in [7, 11) is 1.65. The number of hydrogen-bond acceptors (Lipinski definition) is 3. The van der Waals surface area contributed by atoms with Crippen molar-refractivity contribution in [2.75, 3.05) is 7.11 Å². The van der Waals surface area contributed by atoms with Crippen LogP contribution in [0.5, 0.6) is 5.75 Å². The molecule has 2 rings (SSSR count). The molecule has 2 N–H and O–H groups in total. The van der Waals surface area contributed by atoms with Crippen LogP contribution in [0.4, 0.5) is 0 Å². The number of aryl methyl sites for hydroxylation is 1. The number of halogens is 2. The molecule has 0 aliphatic rings. The molecule has 1 atom stereocenters. The molecule has 19 heavy (non-hydrogen) atoms. The topological polar surface area (TPSA) is 48.1 Å². The first-order chi connectivity index (χ1) is 8.20. The van der Waals surface area contributed by atoms with Crippen LogP contribution in [0.25, 0.3) is 0 Å². The van der Waals surface area contributed by atoms with E-state index in [9.17, 15) is 0 Å². The summed E-state index contributed by atoms with van der Waals surface area (Å²) in [5.41, 5.74) is 9.24. The molecule has 1 unspecified atom stereocenters. The Hall–Kier alpha value is -1.29. The molecular weight excluding hydrogens is 283 g/mol. The van der Waals surface area contributed by atoms with E-state index in [-0.39, 0.29) is 30.9 Å². The Morgan fingerprint density at radius 3 is 2.05 bits per heavy atom. The third kappa shape index (κ3) is 4.39. The zero-order chi connectivity index (χ0) is 12.3. The van der Waals surface area contributed by atoms with Crippen LogP contribution in [0.1, 0.15) is 22.9 Å². The molecule has 0 amide bonds. The van der Waals surface area contributed by atoms with Crippen LogP contribution in [0, 0.1) is 6.92 Å². The second kappa shape index (κ2) is 8.00. The minimum absolute atomic E-state index is 0. The molecule has 1 aromatic carbocycles. The molecule has 0 spiro atoms. The highest BCUT2D eigenvalue weighted by molar-refractivity contribution is 5.85. The van der Waals surface area contributed by atoms with Crippen molar-refractivity contribution < 1.29 is 4.74 Å². The highest BCUT2D eigenvalue weighted by atomic mass is 35.5. The van der Waals surface area contributed by atoms with Crippen LogP contribution in [0.2, 0.25) is 0 Å². The number of methoxy groups -OCH3 is 1. The van der Waals surface area contributed by atoms with Gasteiger partial charge in [0.25, 0.3) is 0 Å².